The van der Waals surface area contributed by atoms with Gasteiger partial charge in [-0.15, -0.1) is 0 Å². The number of fused-ring (bicyclic) bond motifs is 2. The highest BCUT2D eigenvalue weighted by molar-refractivity contribution is 7.88. The van der Waals surface area contributed by atoms with E-state index in [9.17, 15) is 17.6 Å². The van der Waals surface area contributed by atoms with E-state index in [1.54, 1.807) is 37.1 Å². The molecule has 240 valence electrons. The SMILES string of the molecule is CS(=O)(=O)NCc1cc(F)cc(-c2cncc3[nH]c(-c4n[nH]c5cnc(-c6cncc(NC(=O)CC7CCNCC7)c6)cc45)cc23)c1. The zero-order valence-corrected chi connectivity index (χ0v) is 26.3. The number of pyridine rings is 3. The van der Waals surface area contributed by atoms with Crippen molar-refractivity contribution in [1.82, 2.24) is 40.2 Å². The number of nitrogens with one attached hydrogen (secondary N) is 5. The third-order valence-corrected chi connectivity index (χ3v) is 8.97. The van der Waals surface area contributed by atoms with Crippen LogP contribution in [0.5, 0.6) is 0 Å². The maximum Gasteiger partial charge on any atom is 0.224 e. The van der Waals surface area contributed by atoms with Gasteiger partial charge in [0.15, 0.2) is 0 Å². The van der Waals surface area contributed by atoms with E-state index in [0.717, 1.165) is 59.6 Å². The Labute approximate surface area is 269 Å². The Morgan fingerprint density at radius 2 is 1.77 bits per heavy atom. The number of hydrogen-bond acceptors (Lipinski definition) is 8. The first kappa shape index (κ1) is 30.6. The van der Waals surface area contributed by atoms with E-state index in [2.05, 4.69) is 45.5 Å². The standard InChI is InChI=1S/C33H32FN9O3S/c1-47(45,46)39-13-20-6-21(9-23(34)7-20)27-16-37-17-30-25(27)11-29(41-30)33-26-12-28(38-18-31(26)42-43-33)22-10-24(15-36-14-22)40-32(44)8-19-2-4-35-5-3-19/h6-7,9-12,14-19,35,39,41H,2-5,8,13H2,1H3,(H,40,44)(H,42,43). The highest BCUT2D eigenvalue weighted by atomic mass is 32.2. The van der Waals surface area contributed by atoms with Crippen molar-refractivity contribution in [3.63, 3.8) is 0 Å². The number of aromatic nitrogens is 6. The molecule has 47 heavy (non-hydrogen) atoms. The monoisotopic (exact) mass is 653 g/mol. The molecule has 0 saturated carbocycles. The maximum absolute atomic E-state index is 14.6. The molecule has 5 N–H and O–H groups in total. The van der Waals surface area contributed by atoms with Crippen molar-refractivity contribution in [2.45, 2.75) is 25.8 Å². The lowest BCUT2D eigenvalue weighted by Crippen LogP contribution is -2.30. The predicted molar refractivity (Wildman–Crippen MR) is 178 cm³/mol. The van der Waals surface area contributed by atoms with Crippen molar-refractivity contribution >= 4 is 43.4 Å². The summed E-state index contributed by atoms with van der Waals surface area (Å²) in [6.07, 6.45) is 11.9. The third kappa shape index (κ3) is 6.89. The van der Waals surface area contributed by atoms with Crippen LogP contribution in [0.2, 0.25) is 0 Å². The van der Waals surface area contributed by atoms with Crippen LogP contribution in [0, 0.1) is 11.7 Å². The molecular formula is C33H32FN9O3S. The predicted octanol–water partition coefficient (Wildman–Crippen LogP) is 4.75. The van der Waals surface area contributed by atoms with Gasteiger partial charge in [-0.05, 0) is 79.4 Å². The van der Waals surface area contributed by atoms with E-state index >= 15 is 0 Å². The number of hydrogen-bond donors (Lipinski definition) is 5. The van der Waals surface area contributed by atoms with Crippen molar-refractivity contribution < 1.29 is 17.6 Å². The molecule has 1 aromatic carbocycles. The second-order valence-corrected chi connectivity index (χ2v) is 13.7. The first-order chi connectivity index (χ1) is 22.7. The number of H-pyrrole nitrogens is 2. The second-order valence-electron chi connectivity index (χ2n) is 11.9. The van der Waals surface area contributed by atoms with E-state index < -0.39 is 15.8 Å². The Kier molecular flexibility index (Phi) is 8.22. The summed E-state index contributed by atoms with van der Waals surface area (Å²) in [4.78, 5) is 29.4. The first-order valence-corrected chi connectivity index (χ1v) is 17.1. The highest BCUT2D eigenvalue weighted by Gasteiger charge is 2.19. The molecule has 0 bridgehead atoms. The summed E-state index contributed by atoms with van der Waals surface area (Å²) < 4.78 is 40.2. The maximum atomic E-state index is 14.6. The summed E-state index contributed by atoms with van der Waals surface area (Å²) in [6.45, 7) is 1.84. The van der Waals surface area contributed by atoms with E-state index in [1.807, 2.05) is 18.2 Å². The van der Waals surface area contributed by atoms with Crippen LogP contribution < -0.4 is 15.4 Å². The van der Waals surface area contributed by atoms with Gasteiger partial charge in [0.1, 0.15) is 11.5 Å². The normalized spacial score (nSPS) is 14.2. The molecule has 0 atom stereocenters. The van der Waals surface area contributed by atoms with Crippen LogP contribution in [0.15, 0.2) is 67.4 Å². The molecule has 1 fully saturated rings. The Bertz CT molecular complexity index is 2230. The van der Waals surface area contributed by atoms with Crippen LogP contribution in [0.1, 0.15) is 24.8 Å². The van der Waals surface area contributed by atoms with Crippen molar-refractivity contribution in [3.05, 3.63) is 78.8 Å². The zero-order chi connectivity index (χ0) is 32.5. The van der Waals surface area contributed by atoms with Gasteiger partial charge in [-0.1, -0.05) is 0 Å². The second kappa shape index (κ2) is 12.6. The largest absolute Gasteiger partial charge is 0.352 e. The van der Waals surface area contributed by atoms with E-state index in [1.165, 1.54) is 12.1 Å². The number of nitrogens with zero attached hydrogens (tertiary/aromatic N) is 4. The third-order valence-electron chi connectivity index (χ3n) is 8.31. The Morgan fingerprint density at radius 1 is 0.936 bits per heavy atom. The number of benzene rings is 1. The molecule has 0 aliphatic carbocycles. The molecule has 1 aliphatic rings. The van der Waals surface area contributed by atoms with Gasteiger partial charge < -0.3 is 15.6 Å². The number of aromatic amines is 2. The van der Waals surface area contributed by atoms with Gasteiger partial charge in [0, 0.05) is 47.3 Å². The lowest BCUT2D eigenvalue weighted by Gasteiger charge is -2.21. The molecule has 1 amide bonds. The molecule has 6 heterocycles. The highest BCUT2D eigenvalue weighted by Crippen LogP contribution is 2.35. The van der Waals surface area contributed by atoms with Gasteiger partial charge in [0.2, 0.25) is 15.9 Å². The minimum absolute atomic E-state index is 0.0240. The average Bonchev–Trinajstić information content (AvgIpc) is 3.68. The quantitative estimate of drug-likeness (QED) is 0.149. The van der Waals surface area contributed by atoms with Crippen LogP contribution in [-0.2, 0) is 21.4 Å². The number of amides is 1. The number of piperidine rings is 1. The molecule has 7 rings (SSSR count). The fourth-order valence-corrected chi connectivity index (χ4v) is 6.45. The summed E-state index contributed by atoms with van der Waals surface area (Å²) in [5.41, 5.74) is 6.56. The minimum Gasteiger partial charge on any atom is -0.352 e. The number of rotatable bonds is 9. The molecule has 0 radical (unpaired) electrons. The smallest absolute Gasteiger partial charge is 0.224 e. The molecule has 1 saturated heterocycles. The van der Waals surface area contributed by atoms with Gasteiger partial charge in [-0.3, -0.25) is 24.8 Å². The fraction of sp³-hybridized carbons (Fsp3) is 0.242. The van der Waals surface area contributed by atoms with E-state index in [4.69, 9.17) is 0 Å². The molecule has 12 nitrogen and oxygen atoms in total. The Balaban J connectivity index is 1.18. The average molecular weight is 654 g/mol. The summed E-state index contributed by atoms with van der Waals surface area (Å²) in [5.74, 6) is -0.133. The fourth-order valence-electron chi connectivity index (χ4n) is 6.02. The van der Waals surface area contributed by atoms with Crippen LogP contribution in [0.25, 0.3) is 55.6 Å². The van der Waals surface area contributed by atoms with Crippen LogP contribution in [0.4, 0.5) is 10.1 Å². The number of carbonyl (C=O) groups is 1. The van der Waals surface area contributed by atoms with Crippen LogP contribution in [-0.4, -0.2) is 63.8 Å². The van der Waals surface area contributed by atoms with Gasteiger partial charge in [-0.25, -0.2) is 17.5 Å². The molecule has 1 aliphatic heterocycles. The topological polar surface area (TPSA) is 170 Å². The number of sulfonamides is 1. The minimum atomic E-state index is -3.45. The number of halogens is 1. The van der Waals surface area contributed by atoms with Crippen molar-refractivity contribution in [1.29, 1.82) is 0 Å². The number of anilines is 1. The van der Waals surface area contributed by atoms with Gasteiger partial charge in [0.05, 0.1) is 53.0 Å². The van der Waals surface area contributed by atoms with Gasteiger partial charge in [-0.2, -0.15) is 5.10 Å². The van der Waals surface area contributed by atoms with Crippen LogP contribution >= 0.6 is 0 Å². The van der Waals surface area contributed by atoms with Crippen LogP contribution in [0.3, 0.4) is 0 Å². The van der Waals surface area contributed by atoms with E-state index in [-0.39, 0.29) is 12.5 Å². The molecule has 0 unspecified atom stereocenters. The Hall–Kier alpha value is -5.05. The molecule has 6 aromatic rings. The lowest BCUT2D eigenvalue weighted by atomic mass is 9.94. The van der Waals surface area contributed by atoms with Gasteiger partial charge >= 0.3 is 0 Å². The summed E-state index contributed by atoms with van der Waals surface area (Å²) in [5, 5.41) is 15.5. The molecule has 5 aromatic heterocycles. The van der Waals surface area contributed by atoms with E-state index in [0.29, 0.717) is 51.8 Å². The molecule has 0 spiro atoms. The van der Waals surface area contributed by atoms with Crippen molar-refractivity contribution in [2.75, 3.05) is 24.7 Å². The van der Waals surface area contributed by atoms with Gasteiger partial charge in [0.25, 0.3) is 0 Å². The van der Waals surface area contributed by atoms with Crippen molar-refractivity contribution in [2.24, 2.45) is 5.92 Å². The first-order valence-electron chi connectivity index (χ1n) is 15.2. The summed E-state index contributed by atoms with van der Waals surface area (Å²) in [7, 11) is -3.45. The molecule has 14 heteroatoms. The molecular weight excluding hydrogens is 621 g/mol. The lowest BCUT2D eigenvalue weighted by molar-refractivity contribution is -0.117. The summed E-state index contributed by atoms with van der Waals surface area (Å²) in [6, 6.07) is 10.2. The Morgan fingerprint density at radius 3 is 2.60 bits per heavy atom. The summed E-state index contributed by atoms with van der Waals surface area (Å²) >= 11 is 0. The van der Waals surface area contributed by atoms with Crippen molar-refractivity contribution in [3.8, 4) is 33.8 Å². The zero-order valence-electron chi connectivity index (χ0n) is 25.5. The number of carbonyl (C=O) groups excluding carboxylic acids is 1.